The average molecular weight is 254 g/mol. The minimum atomic E-state index is -0.0744. The molecule has 1 atom stereocenters. The van der Waals surface area contributed by atoms with Crippen molar-refractivity contribution in [1.82, 2.24) is 0 Å². The van der Waals surface area contributed by atoms with Crippen LogP contribution in [0.15, 0.2) is 54.6 Å². The van der Waals surface area contributed by atoms with E-state index in [9.17, 15) is 4.79 Å². The van der Waals surface area contributed by atoms with Crippen LogP contribution >= 0.6 is 0 Å². The lowest BCUT2D eigenvalue weighted by Gasteiger charge is -2.14. The zero-order valence-electron chi connectivity index (χ0n) is 11.3. The Morgan fingerprint density at radius 2 is 1.68 bits per heavy atom. The summed E-state index contributed by atoms with van der Waals surface area (Å²) in [6.07, 6.45) is 0.800. The Bertz CT molecular complexity index is 529. The molecular weight excluding hydrogens is 236 g/mol. The lowest BCUT2D eigenvalue weighted by molar-refractivity contribution is 0.0957. The molecule has 2 aromatic carbocycles. The molecule has 0 N–H and O–H groups in total. The summed E-state index contributed by atoms with van der Waals surface area (Å²) in [4.78, 5) is 12.5. The molecule has 0 aromatic heterocycles. The molecule has 0 spiro atoms. The van der Waals surface area contributed by atoms with Crippen molar-refractivity contribution in [3.63, 3.8) is 0 Å². The predicted molar refractivity (Wildman–Crippen MR) is 76.8 cm³/mol. The van der Waals surface area contributed by atoms with Crippen molar-refractivity contribution in [1.29, 1.82) is 0 Å². The molecule has 0 bridgehead atoms. The second-order valence-electron chi connectivity index (χ2n) is 4.46. The van der Waals surface area contributed by atoms with Crippen LogP contribution in [0, 0.1) is 0 Å². The Hall–Kier alpha value is -2.09. The zero-order valence-corrected chi connectivity index (χ0v) is 11.3. The van der Waals surface area contributed by atoms with E-state index in [-0.39, 0.29) is 11.7 Å². The van der Waals surface area contributed by atoms with E-state index in [1.165, 1.54) is 0 Å². The molecule has 98 valence electrons. The number of benzene rings is 2. The number of ether oxygens (including phenoxy) is 1. The third kappa shape index (κ3) is 3.02. The molecule has 0 aliphatic carbocycles. The van der Waals surface area contributed by atoms with Crippen LogP contribution in [0.2, 0.25) is 0 Å². The average Bonchev–Trinajstić information content (AvgIpc) is 2.49. The van der Waals surface area contributed by atoms with Gasteiger partial charge in [-0.1, -0.05) is 37.3 Å². The topological polar surface area (TPSA) is 26.3 Å². The highest BCUT2D eigenvalue weighted by Gasteiger charge is 2.19. The number of ketones is 1. The van der Waals surface area contributed by atoms with Crippen LogP contribution in [0.1, 0.15) is 35.2 Å². The third-order valence-electron chi connectivity index (χ3n) is 3.30. The maximum absolute atomic E-state index is 12.5. The Labute approximate surface area is 114 Å². The normalized spacial score (nSPS) is 11.9. The van der Waals surface area contributed by atoms with Gasteiger partial charge in [0.2, 0.25) is 0 Å². The molecule has 2 heteroatoms. The quantitative estimate of drug-likeness (QED) is 0.752. The molecule has 0 saturated carbocycles. The molecule has 1 unspecified atom stereocenters. The third-order valence-corrected chi connectivity index (χ3v) is 3.30. The van der Waals surface area contributed by atoms with Crippen LogP contribution in [-0.4, -0.2) is 12.9 Å². The van der Waals surface area contributed by atoms with E-state index in [1.807, 2.05) is 61.5 Å². The van der Waals surface area contributed by atoms with E-state index in [0.717, 1.165) is 23.3 Å². The van der Waals surface area contributed by atoms with Crippen molar-refractivity contribution in [2.24, 2.45) is 0 Å². The van der Waals surface area contributed by atoms with Crippen LogP contribution in [0.25, 0.3) is 0 Å². The first-order chi connectivity index (χ1) is 9.26. The fourth-order valence-corrected chi connectivity index (χ4v) is 2.21. The standard InChI is InChI=1S/C17H18O2/c1-3-16(13-7-5-4-6-8-13)17(18)14-9-11-15(19-2)12-10-14/h4-12,16H,3H2,1-2H3. The maximum Gasteiger partial charge on any atom is 0.170 e. The first-order valence-corrected chi connectivity index (χ1v) is 6.49. The van der Waals surface area contributed by atoms with E-state index in [0.29, 0.717) is 0 Å². The number of carbonyl (C=O) groups excluding carboxylic acids is 1. The van der Waals surface area contributed by atoms with Gasteiger partial charge >= 0.3 is 0 Å². The largest absolute Gasteiger partial charge is 0.497 e. The van der Waals surface area contributed by atoms with E-state index in [4.69, 9.17) is 4.74 Å². The summed E-state index contributed by atoms with van der Waals surface area (Å²) in [5, 5.41) is 0. The number of rotatable bonds is 5. The van der Waals surface area contributed by atoms with Gasteiger partial charge in [-0.3, -0.25) is 4.79 Å². The van der Waals surface area contributed by atoms with E-state index in [2.05, 4.69) is 0 Å². The Morgan fingerprint density at radius 3 is 2.21 bits per heavy atom. The minimum absolute atomic E-state index is 0.0744. The SMILES string of the molecule is CCC(C(=O)c1ccc(OC)cc1)c1ccccc1. The van der Waals surface area contributed by atoms with E-state index in [1.54, 1.807) is 7.11 Å². The Morgan fingerprint density at radius 1 is 1.05 bits per heavy atom. The molecular formula is C17H18O2. The first-order valence-electron chi connectivity index (χ1n) is 6.49. The highest BCUT2D eigenvalue weighted by atomic mass is 16.5. The second-order valence-corrected chi connectivity index (χ2v) is 4.46. The number of methoxy groups -OCH3 is 1. The summed E-state index contributed by atoms with van der Waals surface area (Å²) in [6, 6.07) is 17.2. The number of carbonyl (C=O) groups is 1. The molecule has 2 nitrogen and oxygen atoms in total. The molecule has 0 heterocycles. The fraction of sp³-hybridized carbons (Fsp3) is 0.235. The Kier molecular flexibility index (Phi) is 4.35. The molecule has 0 aliphatic heterocycles. The van der Waals surface area contributed by atoms with Gasteiger partial charge < -0.3 is 4.74 Å². The highest BCUT2D eigenvalue weighted by Crippen LogP contribution is 2.25. The molecule has 0 radical (unpaired) electrons. The molecule has 0 saturated heterocycles. The number of hydrogen-bond donors (Lipinski definition) is 0. The van der Waals surface area contributed by atoms with Crippen LogP contribution in [0.4, 0.5) is 0 Å². The van der Waals surface area contributed by atoms with Gasteiger partial charge in [0.15, 0.2) is 5.78 Å². The lowest BCUT2D eigenvalue weighted by Crippen LogP contribution is -2.12. The molecule has 0 amide bonds. The van der Waals surface area contributed by atoms with Crippen molar-refractivity contribution in [2.75, 3.05) is 7.11 Å². The van der Waals surface area contributed by atoms with Gasteiger partial charge in [0.25, 0.3) is 0 Å². The van der Waals surface area contributed by atoms with Crippen molar-refractivity contribution < 1.29 is 9.53 Å². The van der Waals surface area contributed by atoms with Gasteiger partial charge in [0.05, 0.1) is 7.11 Å². The van der Waals surface area contributed by atoms with Crippen LogP contribution < -0.4 is 4.74 Å². The second kappa shape index (κ2) is 6.19. The van der Waals surface area contributed by atoms with Crippen LogP contribution in [0.5, 0.6) is 5.75 Å². The smallest absolute Gasteiger partial charge is 0.170 e. The van der Waals surface area contributed by atoms with Crippen molar-refractivity contribution in [3.8, 4) is 5.75 Å². The van der Waals surface area contributed by atoms with Crippen LogP contribution in [-0.2, 0) is 0 Å². The van der Waals surface area contributed by atoms with Gasteiger partial charge in [0.1, 0.15) is 5.75 Å². The summed E-state index contributed by atoms with van der Waals surface area (Å²) in [5.74, 6) is 0.857. The van der Waals surface area contributed by atoms with Gasteiger partial charge in [-0.2, -0.15) is 0 Å². The van der Waals surface area contributed by atoms with Gasteiger partial charge in [-0.05, 0) is 36.2 Å². The number of hydrogen-bond acceptors (Lipinski definition) is 2. The predicted octanol–water partition coefficient (Wildman–Crippen LogP) is 4.07. The summed E-state index contributed by atoms with van der Waals surface area (Å²) in [7, 11) is 1.62. The summed E-state index contributed by atoms with van der Waals surface area (Å²) in [5.41, 5.74) is 1.81. The van der Waals surface area contributed by atoms with Crippen molar-refractivity contribution in [2.45, 2.75) is 19.3 Å². The lowest BCUT2D eigenvalue weighted by atomic mass is 9.89. The van der Waals surface area contributed by atoms with Gasteiger partial charge in [-0.15, -0.1) is 0 Å². The van der Waals surface area contributed by atoms with Crippen LogP contribution in [0.3, 0.4) is 0 Å². The zero-order chi connectivity index (χ0) is 13.7. The molecule has 2 aromatic rings. The molecule has 0 aliphatic rings. The molecule has 2 rings (SSSR count). The Balaban J connectivity index is 2.25. The molecule has 19 heavy (non-hydrogen) atoms. The fourth-order valence-electron chi connectivity index (χ4n) is 2.21. The molecule has 0 fully saturated rings. The highest BCUT2D eigenvalue weighted by molar-refractivity contribution is 6.01. The van der Waals surface area contributed by atoms with E-state index >= 15 is 0 Å². The van der Waals surface area contributed by atoms with Crippen molar-refractivity contribution >= 4 is 5.78 Å². The monoisotopic (exact) mass is 254 g/mol. The summed E-state index contributed by atoms with van der Waals surface area (Å²) in [6.45, 7) is 2.04. The van der Waals surface area contributed by atoms with Crippen molar-refractivity contribution in [3.05, 3.63) is 65.7 Å². The summed E-state index contributed by atoms with van der Waals surface area (Å²) < 4.78 is 5.11. The van der Waals surface area contributed by atoms with E-state index < -0.39 is 0 Å². The van der Waals surface area contributed by atoms with Gasteiger partial charge in [0, 0.05) is 11.5 Å². The first kappa shape index (κ1) is 13.3. The number of Topliss-reactive ketones (excluding diaryl/α,β-unsaturated/α-hetero) is 1. The maximum atomic E-state index is 12.5. The summed E-state index contributed by atoms with van der Waals surface area (Å²) >= 11 is 0. The van der Waals surface area contributed by atoms with Gasteiger partial charge in [-0.25, -0.2) is 0 Å². The minimum Gasteiger partial charge on any atom is -0.497 e.